The number of halogens is 2. The Morgan fingerprint density at radius 2 is 1.74 bits per heavy atom. The van der Waals surface area contributed by atoms with E-state index in [4.69, 9.17) is 10.5 Å². The minimum absolute atomic E-state index is 0.0252. The number of aromatic hydroxyl groups is 1. The zero-order chi connectivity index (χ0) is 27.2. The van der Waals surface area contributed by atoms with Crippen LogP contribution in [0.1, 0.15) is 11.1 Å². The van der Waals surface area contributed by atoms with E-state index >= 15 is 0 Å². The van der Waals surface area contributed by atoms with Crippen LogP contribution in [0.25, 0.3) is 16.6 Å². The second kappa shape index (κ2) is 9.30. The van der Waals surface area contributed by atoms with Gasteiger partial charge in [0.2, 0.25) is 9.84 Å². The number of hydrogen-bond acceptors (Lipinski definition) is 7. The summed E-state index contributed by atoms with van der Waals surface area (Å²) in [6, 6.07) is 12.8. The Morgan fingerprint density at radius 3 is 2.45 bits per heavy atom. The molecule has 0 saturated heterocycles. The summed E-state index contributed by atoms with van der Waals surface area (Å²) in [5, 5.41) is 14.6. The molecule has 12 heteroatoms. The highest BCUT2D eigenvalue weighted by Gasteiger charge is 2.29. The summed E-state index contributed by atoms with van der Waals surface area (Å²) in [6.45, 7) is -0.520. The zero-order valence-electron chi connectivity index (χ0n) is 19.4. The van der Waals surface area contributed by atoms with Crippen LogP contribution in [0, 0.1) is 11.6 Å². The molecule has 194 valence electrons. The molecule has 0 radical (unpaired) electrons. The Morgan fingerprint density at radius 1 is 1.03 bits per heavy atom. The SMILES string of the molecule is NC(=O)COc1ccc2c(c1)S(=O)(=O)C=C(c1c(O)c3cc(F)ccc3n(Cc3ccc(F)cc3)c1=O)N2. The standard InChI is InChI=1S/C26H19F2N3O6S/c27-15-3-1-14(2-4-15)11-31-21-8-5-16(28)9-18(21)25(33)24(26(31)34)20-13-38(35,36)22-10-17(37-12-23(29)32)6-7-19(22)30-20/h1-10,13,30,33H,11-12H2,(H2,29,32). The summed E-state index contributed by atoms with van der Waals surface area (Å²) in [5.74, 6) is -2.43. The summed E-state index contributed by atoms with van der Waals surface area (Å²) in [5.41, 5.74) is 4.49. The number of nitrogens with zero attached hydrogens (tertiary/aromatic N) is 1. The number of amides is 1. The molecule has 1 aromatic heterocycles. The first kappa shape index (κ1) is 25.0. The monoisotopic (exact) mass is 539 g/mol. The van der Waals surface area contributed by atoms with Gasteiger partial charge in [0.15, 0.2) is 6.61 Å². The Hall–Kier alpha value is -4.71. The number of nitrogens with one attached hydrogen (secondary N) is 1. The van der Waals surface area contributed by atoms with E-state index in [9.17, 15) is 31.9 Å². The number of primary amides is 1. The molecule has 0 aliphatic carbocycles. The van der Waals surface area contributed by atoms with Gasteiger partial charge in [-0.15, -0.1) is 0 Å². The molecule has 0 unspecified atom stereocenters. The number of sulfone groups is 1. The van der Waals surface area contributed by atoms with Gasteiger partial charge in [0.05, 0.1) is 33.7 Å². The number of benzene rings is 3. The van der Waals surface area contributed by atoms with E-state index in [1.54, 1.807) is 0 Å². The van der Waals surface area contributed by atoms with Crippen LogP contribution in [0.4, 0.5) is 14.5 Å². The van der Waals surface area contributed by atoms with Crippen LogP contribution in [0.5, 0.6) is 11.5 Å². The van der Waals surface area contributed by atoms with Gasteiger partial charge in [0, 0.05) is 11.5 Å². The van der Waals surface area contributed by atoms with Gasteiger partial charge in [-0.2, -0.15) is 0 Å². The lowest BCUT2D eigenvalue weighted by molar-refractivity contribution is -0.119. The van der Waals surface area contributed by atoms with Gasteiger partial charge in [0.1, 0.15) is 28.7 Å². The summed E-state index contributed by atoms with van der Waals surface area (Å²) in [7, 11) is -4.17. The van der Waals surface area contributed by atoms with Gasteiger partial charge in [-0.25, -0.2) is 17.2 Å². The average molecular weight is 540 g/mol. The van der Waals surface area contributed by atoms with Crippen LogP contribution in [-0.4, -0.2) is 30.6 Å². The maximum Gasteiger partial charge on any atom is 0.264 e. The molecule has 1 aliphatic rings. The second-order valence-electron chi connectivity index (χ2n) is 8.52. The number of nitrogens with two attached hydrogens (primary N) is 1. The minimum Gasteiger partial charge on any atom is -0.506 e. The van der Waals surface area contributed by atoms with Crippen molar-refractivity contribution in [1.82, 2.24) is 4.57 Å². The number of hydrogen-bond donors (Lipinski definition) is 3. The molecule has 0 saturated carbocycles. The predicted octanol–water partition coefficient (Wildman–Crippen LogP) is 3.10. The van der Waals surface area contributed by atoms with Crippen LogP contribution >= 0.6 is 0 Å². The van der Waals surface area contributed by atoms with Crippen molar-refractivity contribution >= 4 is 38.0 Å². The number of anilines is 1. The van der Waals surface area contributed by atoms with Crippen LogP contribution in [-0.2, 0) is 21.2 Å². The third-order valence-corrected chi connectivity index (χ3v) is 7.40. The number of aromatic nitrogens is 1. The third kappa shape index (κ3) is 4.57. The molecule has 0 bridgehead atoms. The smallest absolute Gasteiger partial charge is 0.264 e. The number of carbonyl (C=O) groups excluding carboxylic acids is 1. The number of carbonyl (C=O) groups is 1. The van der Waals surface area contributed by atoms with Gasteiger partial charge in [-0.3, -0.25) is 9.59 Å². The molecule has 4 aromatic rings. The number of ether oxygens (including phenoxy) is 1. The second-order valence-corrected chi connectivity index (χ2v) is 10.3. The van der Waals surface area contributed by atoms with Gasteiger partial charge >= 0.3 is 0 Å². The van der Waals surface area contributed by atoms with Gasteiger partial charge in [-0.05, 0) is 48.0 Å². The van der Waals surface area contributed by atoms with Crippen molar-refractivity contribution in [2.45, 2.75) is 11.4 Å². The molecule has 2 heterocycles. The minimum atomic E-state index is -4.17. The lowest BCUT2D eigenvalue weighted by Gasteiger charge is -2.22. The first-order chi connectivity index (χ1) is 18.0. The maximum atomic E-state index is 14.2. The van der Waals surface area contributed by atoms with Crippen LogP contribution in [0.15, 0.2) is 75.8 Å². The fourth-order valence-corrected chi connectivity index (χ4v) is 5.51. The van der Waals surface area contributed by atoms with E-state index in [0.29, 0.717) is 5.56 Å². The molecule has 9 nitrogen and oxygen atoms in total. The largest absolute Gasteiger partial charge is 0.506 e. The van der Waals surface area contributed by atoms with Crippen molar-refractivity contribution < 1.29 is 31.8 Å². The third-order valence-electron chi connectivity index (χ3n) is 5.91. The molecule has 5 rings (SSSR count). The molecule has 0 fully saturated rings. The fourth-order valence-electron chi connectivity index (χ4n) is 4.19. The molecule has 38 heavy (non-hydrogen) atoms. The van der Waals surface area contributed by atoms with E-state index in [0.717, 1.165) is 17.5 Å². The van der Waals surface area contributed by atoms with Crippen LogP contribution in [0.2, 0.25) is 0 Å². The van der Waals surface area contributed by atoms with E-state index in [-0.39, 0.29) is 39.5 Å². The van der Waals surface area contributed by atoms with Gasteiger partial charge in [-0.1, -0.05) is 12.1 Å². The maximum absolute atomic E-state index is 14.2. The zero-order valence-corrected chi connectivity index (χ0v) is 20.3. The van der Waals surface area contributed by atoms with Crippen molar-refractivity contribution in [3.05, 3.63) is 99.2 Å². The van der Waals surface area contributed by atoms with Crippen LogP contribution in [0.3, 0.4) is 0 Å². The summed E-state index contributed by atoms with van der Waals surface area (Å²) >= 11 is 0. The fraction of sp³-hybridized carbons (Fsp3) is 0.0769. The molecular formula is C26H19F2N3O6S. The lowest BCUT2D eigenvalue weighted by atomic mass is 10.1. The van der Waals surface area contributed by atoms with Crippen molar-refractivity contribution in [1.29, 1.82) is 0 Å². The number of rotatable bonds is 6. The molecule has 1 aliphatic heterocycles. The number of fused-ring (bicyclic) bond motifs is 2. The van der Waals surface area contributed by atoms with E-state index in [1.165, 1.54) is 53.1 Å². The Balaban J connectivity index is 1.66. The predicted molar refractivity (Wildman–Crippen MR) is 135 cm³/mol. The molecule has 1 amide bonds. The van der Waals surface area contributed by atoms with Crippen molar-refractivity contribution in [2.24, 2.45) is 5.73 Å². The van der Waals surface area contributed by atoms with E-state index < -0.39 is 50.9 Å². The Bertz CT molecular complexity index is 1820. The first-order valence-corrected chi connectivity index (χ1v) is 12.7. The Labute approximate surface area is 214 Å². The van der Waals surface area contributed by atoms with Crippen molar-refractivity contribution in [2.75, 3.05) is 11.9 Å². The van der Waals surface area contributed by atoms with E-state index in [1.807, 2.05) is 0 Å². The lowest BCUT2D eigenvalue weighted by Crippen LogP contribution is -2.27. The molecular weight excluding hydrogens is 520 g/mol. The summed E-state index contributed by atoms with van der Waals surface area (Å²) in [6.07, 6.45) is 0. The highest BCUT2D eigenvalue weighted by molar-refractivity contribution is 7.94. The van der Waals surface area contributed by atoms with Gasteiger partial charge < -0.3 is 25.5 Å². The normalized spacial score (nSPS) is 13.9. The summed E-state index contributed by atoms with van der Waals surface area (Å²) in [4.78, 5) is 24.5. The van der Waals surface area contributed by atoms with Gasteiger partial charge in [0.25, 0.3) is 11.5 Å². The average Bonchev–Trinajstić information content (AvgIpc) is 2.86. The molecule has 0 atom stereocenters. The molecule has 4 N–H and O–H groups in total. The highest BCUT2D eigenvalue weighted by Crippen LogP contribution is 2.38. The molecule has 3 aromatic carbocycles. The Kier molecular flexibility index (Phi) is 6.11. The van der Waals surface area contributed by atoms with Crippen molar-refractivity contribution in [3.63, 3.8) is 0 Å². The number of pyridine rings is 1. The highest BCUT2D eigenvalue weighted by atomic mass is 32.2. The van der Waals surface area contributed by atoms with Crippen molar-refractivity contribution in [3.8, 4) is 11.5 Å². The van der Waals surface area contributed by atoms with E-state index in [2.05, 4.69) is 5.32 Å². The van der Waals surface area contributed by atoms with Crippen LogP contribution < -0.4 is 21.3 Å². The first-order valence-electron chi connectivity index (χ1n) is 11.1. The summed E-state index contributed by atoms with van der Waals surface area (Å²) < 4.78 is 60.3. The topological polar surface area (TPSA) is 141 Å². The quantitative estimate of drug-likeness (QED) is 0.342. The molecule has 0 spiro atoms.